The molecule has 1 aromatic heterocycles. The van der Waals surface area contributed by atoms with Crippen molar-refractivity contribution in [1.29, 1.82) is 5.26 Å². The van der Waals surface area contributed by atoms with Gasteiger partial charge in [0, 0.05) is 12.0 Å². The number of hydrogen-bond acceptors (Lipinski definition) is 3. The highest BCUT2D eigenvalue weighted by Crippen LogP contribution is 2.47. The quantitative estimate of drug-likeness (QED) is 0.567. The van der Waals surface area contributed by atoms with Crippen LogP contribution in [0.1, 0.15) is 67.6 Å². The minimum absolute atomic E-state index is 0.0559. The van der Waals surface area contributed by atoms with Crippen molar-refractivity contribution in [3.05, 3.63) is 71.4 Å². The third kappa shape index (κ3) is 3.17. The van der Waals surface area contributed by atoms with Crippen molar-refractivity contribution in [1.82, 2.24) is 9.78 Å². The molecule has 0 spiro atoms. The van der Waals surface area contributed by atoms with Crippen LogP contribution in [-0.4, -0.2) is 15.6 Å². The molecule has 146 valence electrons. The van der Waals surface area contributed by atoms with Crippen LogP contribution in [0.3, 0.4) is 0 Å². The molecule has 4 heteroatoms. The van der Waals surface area contributed by atoms with E-state index in [9.17, 15) is 10.1 Å². The van der Waals surface area contributed by atoms with Crippen LogP contribution in [0.15, 0.2) is 54.6 Å². The van der Waals surface area contributed by atoms with Crippen LogP contribution in [0.5, 0.6) is 0 Å². The van der Waals surface area contributed by atoms with Gasteiger partial charge in [0.05, 0.1) is 28.9 Å². The summed E-state index contributed by atoms with van der Waals surface area (Å²) in [6, 6.07) is 20.4. The van der Waals surface area contributed by atoms with Crippen LogP contribution >= 0.6 is 0 Å². The molecule has 0 radical (unpaired) electrons. The first-order valence-electron chi connectivity index (χ1n) is 10.0. The van der Waals surface area contributed by atoms with Gasteiger partial charge in [0.15, 0.2) is 5.78 Å². The number of carbonyl (C=O) groups is 1. The summed E-state index contributed by atoms with van der Waals surface area (Å²) >= 11 is 0. The number of carbonyl (C=O) groups excluding carboxylic acids is 1. The number of ketones is 1. The average Bonchev–Trinajstić information content (AvgIpc) is 3.09. The minimum Gasteiger partial charge on any atom is -0.294 e. The van der Waals surface area contributed by atoms with Crippen LogP contribution in [-0.2, 0) is 0 Å². The van der Waals surface area contributed by atoms with Gasteiger partial charge in [-0.3, -0.25) is 4.79 Å². The molecule has 4 nitrogen and oxygen atoms in total. The molecule has 1 unspecified atom stereocenters. The third-order valence-electron chi connectivity index (χ3n) is 5.85. The highest BCUT2D eigenvalue weighted by Gasteiger charge is 2.45. The molecule has 1 aliphatic rings. The van der Waals surface area contributed by atoms with E-state index in [-0.39, 0.29) is 5.78 Å². The summed E-state index contributed by atoms with van der Waals surface area (Å²) in [6.07, 6.45) is 0.343. The molecule has 0 bridgehead atoms. The highest BCUT2D eigenvalue weighted by atomic mass is 16.1. The van der Waals surface area contributed by atoms with E-state index in [2.05, 4.69) is 32.0 Å². The van der Waals surface area contributed by atoms with Gasteiger partial charge in [0.25, 0.3) is 0 Å². The van der Waals surface area contributed by atoms with Crippen molar-refractivity contribution >= 4 is 5.78 Å². The number of rotatable bonds is 3. The molecule has 0 saturated heterocycles. The number of aromatic nitrogens is 2. The van der Waals surface area contributed by atoms with Gasteiger partial charge < -0.3 is 0 Å². The van der Waals surface area contributed by atoms with E-state index in [0.29, 0.717) is 29.3 Å². The molecule has 0 saturated carbocycles. The van der Waals surface area contributed by atoms with E-state index in [1.165, 1.54) is 5.56 Å². The van der Waals surface area contributed by atoms with Gasteiger partial charge in [0.1, 0.15) is 5.69 Å². The molecular formula is C25H25N3O. The van der Waals surface area contributed by atoms with Crippen LogP contribution < -0.4 is 0 Å². The Morgan fingerprint density at radius 1 is 1.10 bits per heavy atom. The molecule has 4 rings (SSSR count). The van der Waals surface area contributed by atoms with E-state index < -0.39 is 11.3 Å². The van der Waals surface area contributed by atoms with Crippen molar-refractivity contribution < 1.29 is 4.79 Å². The summed E-state index contributed by atoms with van der Waals surface area (Å²) in [5, 5.41) is 14.9. The average molecular weight is 383 g/mol. The van der Waals surface area contributed by atoms with E-state index in [1.807, 2.05) is 61.0 Å². The predicted octanol–water partition coefficient (Wildman–Crippen LogP) is 5.88. The summed E-state index contributed by atoms with van der Waals surface area (Å²) in [5.74, 6) is 0.0770. The first kappa shape index (κ1) is 19.1. The SMILES string of the molecule is CC(C)c1ccc(-n2nc(-c3ccccc3)c3c2C(C#N)C(C)(C)CC3=O)cc1. The minimum atomic E-state index is -0.442. The van der Waals surface area contributed by atoms with Crippen molar-refractivity contribution in [2.24, 2.45) is 5.41 Å². The number of Topliss-reactive ketones (excluding diaryl/α,β-unsaturated/α-hetero) is 1. The first-order chi connectivity index (χ1) is 13.8. The van der Waals surface area contributed by atoms with Crippen LogP contribution in [0.2, 0.25) is 0 Å². The van der Waals surface area contributed by atoms with Gasteiger partial charge in [0.2, 0.25) is 0 Å². The van der Waals surface area contributed by atoms with Crippen molar-refractivity contribution in [3.8, 4) is 23.0 Å². The maximum atomic E-state index is 13.2. The van der Waals surface area contributed by atoms with E-state index in [4.69, 9.17) is 5.10 Å². The molecule has 0 N–H and O–H groups in total. The molecule has 1 heterocycles. The zero-order valence-electron chi connectivity index (χ0n) is 17.3. The fourth-order valence-corrected chi connectivity index (χ4v) is 4.18. The monoisotopic (exact) mass is 383 g/mol. The Balaban J connectivity index is 1.99. The number of nitrogens with zero attached hydrogens (tertiary/aromatic N) is 3. The lowest BCUT2D eigenvalue weighted by atomic mass is 9.68. The number of fused-ring (bicyclic) bond motifs is 1. The van der Waals surface area contributed by atoms with E-state index >= 15 is 0 Å². The van der Waals surface area contributed by atoms with Crippen LogP contribution in [0.25, 0.3) is 16.9 Å². The standard InChI is InChI=1S/C25H25N3O/c1-16(2)17-10-12-19(13-11-17)28-24-20(15-26)25(3,4)14-21(29)22(24)23(27-28)18-8-6-5-7-9-18/h5-13,16,20H,14H2,1-4H3. The topological polar surface area (TPSA) is 58.7 Å². The maximum absolute atomic E-state index is 13.2. The van der Waals surface area contributed by atoms with Gasteiger partial charge in [-0.25, -0.2) is 4.68 Å². The summed E-state index contributed by atoms with van der Waals surface area (Å²) in [7, 11) is 0. The summed E-state index contributed by atoms with van der Waals surface area (Å²) in [4.78, 5) is 13.2. The Morgan fingerprint density at radius 3 is 2.34 bits per heavy atom. The van der Waals surface area contributed by atoms with Gasteiger partial charge in [-0.2, -0.15) is 10.4 Å². The molecule has 1 aliphatic carbocycles. The Hall–Kier alpha value is -3.19. The summed E-state index contributed by atoms with van der Waals surface area (Å²) in [6.45, 7) is 8.29. The zero-order valence-corrected chi connectivity index (χ0v) is 17.3. The normalized spacial score (nSPS) is 17.8. The van der Waals surface area contributed by atoms with Gasteiger partial charge in [-0.1, -0.05) is 70.2 Å². The van der Waals surface area contributed by atoms with Crippen LogP contribution in [0.4, 0.5) is 0 Å². The fraction of sp³-hybridized carbons (Fsp3) is 0.320. The van der Waals surface area contributed by atoms with E-state index in [1.54, 1.807) is 0 Å². The van der Waals surface area contributed by atoms with Gasteiger partial charge >= 0.3 is 0 Å². The Labute approximate surface area is 171 Å². The number of benzene rings is 2. The molecule has 1 atom stereocenters. The summed E-state index contributed by atoms with van der Waals surface area (Å²) < 4.78 is 1.81. The first-order valence-corrected chi connectivity index (χ1v) is 10.0. The predicted molar refractivity (Wildman–Crippen MR) is 114 cm³/mol. The van der Waals surface area contributed by atoms with Gasteiger partial charge in [-0.15, -0.1) is 0 Å². The molecule has 0 fully saturated rings. The number of nitriles is 1. The second-order valence-electron chi connectivity index (χ2n) is 8.78. The smallest absolute Gasteiger partial charge is 0.167 e. The lowest BCUT2D eigenvalue weighted by molar-refractivity contribution is 0.0900. The lowest BCUT2D eigenvalue weighted by Crippen LogP contribution is -2.32. The number of hydrogen-bond donors (Lipinski definition) is 0. The Kier molecular flexibility index (Phi) is 4.62. The van der Waals surface area contributed by atoms with E-state index in [0.717, 1.165) is 11.3 Å². The summed E-state index contributed by atoms with van der Waals surface area (Å²) in [5.41, 5.74) is 4.53. The highest BCUT2D eigenvalue weighted by molar-refractivity contribution is 6.04. The van der Waals surface area contributed by atoms with Crippen molar-refractivity contribution in [3.63, 3.8) is 0 Å². The molecule has 0 aliphatic heterocycles. The lowest BCUT2D eigenvalue weighted by Gasteiger charge is -2.34. The largest absolute Gasteiger partial charge is 0.294 e. The van der Waals surface area contributed by atoms with Crippen molar-refractivity contribution in [2.45, 2.75) is 46.0 Å². The second kappa shape index (κ2) is 7.00. The maximum Gasteiger partial charge on any atom is 0.167 e. The molecule has 3 aromatic rings. The Morgan fingerprint density at radius 2 is 1.76 bits per heavy atom. The molecule has 2 aromatic carbocycles. The third-order valence-corrected chi connectivity index (χ3v) is 5.85. The van der Waals surface area contributed by atoms with Crippen LogP contribution in [0, 0.1) is 16.7 Å². The van der Waals surface area contributed by atoms with Crippen molar-refractivity contribution in [2.75, 3.05) is 0 Å². The fourth-order valence-electron chi connectivity index (χ4n) is 4.18. The molecule has 29 heavy (non-hydrogen) atoms. The molecule has 0 amide bonds. The zero-order chi connectivity index (χ0) is 20.8. The Bertz CT molecular complexity index is 1100. The molecular weight excluding hydrogens is 358 g/mol. The van der Waals surface area contributed by atoms with Gasteiger partial charge in [-0.05, 0) is 29.0 Å². The second-order valence-corrected chi connectivity index (χ2v) is 8.78.